The van der Waals surface area contributed by atoms with Gasteiger partial charge in [-0.25, -0.2) is 13.2 Å². The van der Waals surface area contributed by atoms with E-state index in [9.17, 15) is 23.1 Å². The van der Waals surface area contributed by atoms with Gasteiger partial charge in [-0.3, -0.25) is 9.69 Å². The smallest absolute Gasteiger partial charge is 0.312 e. The molecule has 1 fully saturated rings. The van der Waals surface area contributed by atoms with Crippen LogP contribution < -0.4 is 0 Å². The first-order valence-electron chi connectivity index (χ1n) is 6.10. The van der Waals surface area contributed by atoms with Gasteiger partial charge < -0.3 is 10.2 Å². The van der Waals surface area contributed by atoms with Crippen molar-refractivity contribution in [3.63, 3.8) is 0 Å². The molecule has 1 aliphatic rings. The Bertz CT molecular complexity index is 522. The molecule has 0 bridgehead atoms. The summed E-state index contributed by atoms with van der Waals surface area (Å²) in [5.41, 5.74) is 0.203. The number of benzene rings is 1. The van der Waals surface area contributed by atoms with E-state index in [1.165, 1.54) is 4.90 Å². The maximum atomic E-state index is 13.7. The Balaban J connectivity index is 2.09. The number of carboxylic acids is 1. The molecule has 4 nitrogen and oxygen atoms in total. The van der Waals surface area contributed by atoms with Gasteiger partial charge in [0, 0.05) is 12.1 Å². The van der Waals surface area contributed by atoms with E-state index < -0.39 is 30.2 Å². The Morgan fingerprint density at radius 3 is 2.75 bits per heavy atom. The van der Waals surface area contributed by atoms with Crippen LogP contribution in [0, 0.1) is 11.7 Å². The zero-order valence-electron chi connectivity index (χ0n) is 10.5. The normalized spacial score (nSPS) is 22.6. The number of alkyl halides is 2. The quantitative estimate of drug-likeness (QED) is 0.894. The molecule has 1 aliphatic heterocycles. The maximum Gasteiger partial charge on any atom is 0.312 e. The number of nitrogens with zero attached hydrogens (tertiary/aromatic N) is 1. The number of phenols is 1. The molecule has 20 heavy (non-hydrogen) atoms. The van der Waals surface area contributed by atoms with E-state index in [2.05, 4.69) is 0 Å². The van der Waals surface area contributed by atoms with Crippen LogP contribution in [0.5, 0.6) is 5.75 Å². The van der Waals surface area contributed by atoms with Crippen LogP contribution in [0.25, 0.3) is 0 Å². The molecule has 0 amide bonds. The number of halogens is 3. The molecule has 0 radical (unpaired) electrons. The topological polar surface area (TPSA) is 60.8 Å². The van der Waals surface area contributed by atoms with Crippen molar-refractivity contribution in [3.05, 3.63) is 29.6 Å². The van der Waals surface area contributed by atoms with Crippen molar-refractivity contribution >= 4 is 5.97 Å². The minimum atomic E-state index is -3.34. The number of rotatable bonds is 3. The summed E-state index contributed by atoms with van der Waals surface area (Å²) < 4.78 is 40.5. The fraction of sp³-hybridized carbons (Fsp3) is 0.462. The van der Waals surface area contributed by atoms with Gasteiger partial charge >= 0.3 is 5.97 Å². The first kappa shape index (κ1) is 14.6. The zero-order valence-corrected chi connectivity index (χ0v) is 10.5. The lowest BCUT2D eigenvalue weighted by Gasteiger charge is -2.36. The third-order valence-electron chi connectivity index (χ3n) is 3.41. The summed E-state index contributed by atoms with van der Waals surface area (Å²) in [5, 5.41) is 18.3. The van der Waals surface area contributed by atoms with E-state index in [1.54, 1.807) is 0 Å². The highest BCUT2D eigenvalue weighted by atomic mass is 19.3. The molecule has 0 aromatic heterocycles. The summed E-state index contributed by atoms with van der Waals surface area (Å²) in [5.74, 6) is -7.28. The maximum absolute atomic E-state index is 13.7. The molecule has 110 valence electrons. The van der Waals surface area contributed by atoms with Gasteiger partial charge in [-0.15, -0.1) is 0 Å². The third-order valence-corrected chi connectivity index (χ3v) is 3.41. The first-order chi connectivity index (χ1) is 9.29. The van der Waals surface area contributed by atoms with Crippen LogP contribution in [-0.4, -0.2) is 40.1 Å². The molecule has 0 spiro atoms. The van der Waals surface area contributed by atoms with E-state index >= 15 is 0 Å². The lowest BCUT2D eigenvalue weighted by atomic mass is 9.92. The highest BCUT2D eigenvalue weighted by Gasteiger charge is 2.48. The molecule has 1 saturated heterocycles. The van der Waals surface area contributed by atoms with Crippen molar-refractivity contribution in [1.29, 1.82) is 0 Å². The fourth-order valence-corrected chi connectivity index (χ4v) is 2.37. The van der Waals surface area contributed by atoms with Gasteiger partial charge in [-0.1, -0.05) is 0 Å². The molecule has 2 N–H and O–H groups in total. The Morgan fingerprint density at radius 1 is 1.45 bits per heavy atom. The molecule has 1 unspecified atom stereocenters. The number of likely N-dealkylation sites (tertiary alicyclic amines) is 1. The standard InChI is InChI=1S/C13H14F3NO3/c14-9-1-2-11(18)8(5-9)6-17-4-3-10(12(19)20)13(15,16)7-17/h1-2,5,10,18H,3-4,6-7H2,(H,19,20). The summed E-state index contributed by atoms with van der Waals surface area (Å²) in [7, 11) is 0. The van der Waals surface area contributed by atoms with Crippen LogP contribution in [0.3, 0.4) is 0 Å². The first-order valence-corrected chi connectivity index (χ1v) is 6.10. The Kier molecular flexibility index (Phi) is 3.89. The number of piperidine rings is 1. The predicted octanol–water partition coefficient (Wildman–Crippen LogP) is 2.07. The van der Waals surface area contributed by atoms with Crippen LogP contribution in [0.15, 0.2) is 18.2 Å². The van der Waals surface area contributed by atoms with Gasteiger partial charge in [0.25, 0.3) is 5.92 Å². The molecular formula is C13H14F3NO3. The van der Waals surface area contributed by atoms with Gasteiger partial charge in [-0.2, -0.15) is 0 Å². The molecule has 1 aromatic carbocycles. The minimum absolute atomic E-state index is 0.0501. The third kappa shape index (κ3) is 3.04. The van der Waals surface area contributed by atoms with Crippen molar-refractivity contribution < 1.29 is 28.2 Å². The van der Waals surface area contributed by atoms with E-state index in [1.807, 2.05) is 0 Å². The molecule has 0 saturated carbocycles. The molecule has 0 aliphatic carbocycles. The SMILES string of the molecule is O=C(O)C1CCN(Cc2cc(F)ccc2O)CC1(F)F. The predicted molar refractivity (Wildman–Crippen MR) is 64.0 cm³/mol. The average molecular weight is 289 g/mol. The van der Waals surface area contributed by atoms with Crippen LogP contribution in [0.1, 0.15) is 12.0 Å². The summed E-state index contributed by atoms with van der Waals surface area (Å²) in [6.45, 7) is -0.617. The minimum Gasteiger partial charge on any atom is -0.508 e. The number of hydrogen-bond donors (Lipinski definition) is 2. The van der Waals surface area contributed by atoms with Crippen molar-refractivity contribution in [2.45, 2.75) is 18.9 Å². The number of carbonyl (C=O) groups is 1. The Hall–Kier alpha value is -1.76. The van der Waals surface area contributed by atoms with E-state index in [0.29, 0.717) is 0 Å². The Labute approximate surface area is 113 Å². The number of hydrogen-bond acceptors (Lipinski definition) is 3. The van der Waals surface area contributed by atoms with Crippen LogP contribution in [0.2, 0.25) is 0 Å². The van der Waals surface area contributed by atoms with Crippen LogP contribution in [0.4, 0.5) is 13.2 Å². The highest BCUT2D eigenvalue weighted by Crippen LogP contribution is 2.34. The van der Waals surface area contributed by atoms with Gasteiger partial charge in [0.1, 0.15) is 17.5 Å². The largest absolute Gasteiger partial charge is 0.508 e. The number of aliphatic carboxylic acids is 1. The fourth-order valence-electron chi connectivity index (χ4n) is 2.37. The second kappa shape index (κ2) is 5.32. The van der Waals surface area contributed by atoms with E-state index in [4.69, 9.17) is 5.11 Å². The van der Waals surface area contributed by atoms with Crippen molar-refractivity contribution in [2.75, 3.05) is 13.1 Å². The van der Waals surface area contributed by atoms with Gasteiger partial charge in [0.15, 0.2) is 0 Å². The lowest BCUT2D eigenvalue weighted by Crippen LogP contribution is -2.50. The van der Waals surface area contributed by atoms with E-state index in [-0.39, 0.29) is 30.8 Å². The molecule has 2 rings (SSSR count). The van der Waals surface area contributed by atoms with Crippen molar-refractivity contribution in [2.24, 2.45) is 5.92 Å². The van der Waals surface area contributed by atoms with Crippen molar-refractivity contribution in [1.82, 2.24) is 4.90 Å². The monoisotopic (exact) mass is 289 g/mol. The lowest BCUT2D eigenvalue weighted by molar-refractivity contribution is -0.167. The second-order valence-corrected chi connectivity index (χ2v) is 4.92. The van der Waals surface area contributed by atoms with Gasteiger partial charge in [0.2, 0.25) is 0 Å². The summed E-state index contributed by atoms with van der Waals surface area (Å²) >= 11 is 0. The Morgan fingerprint density at radius 2 is 2.15 bits per heavy atom. The summed E-state index contributed by atoms with van der Waals surface area (Å²) in [6, 6.07) is 3.31. The molecule has 1 atom stereocenters. The second-order valence-electron chi connectivity index (χ2n) is 4.92. The number of aromatic hydroxyl groups is 1. The van der Waals surface area contributed by atoms with Crippen LogP contribution in [-0.2, 0) is 11.3 Å². The zero-order chi connectivity index (χ0) is 14.9. The number of carboxylic acid groups (broad SMARTS) is 1. The summed E-state index contributed by atoms with van der Waals surface area (Å²) in [4.78, 5) is 12.1. The van der Waals surface area contributed by atoms with Gasteiger partial charge in [0.05, 0.1) is 6.54 Å². The van der Waals surface area contributed by atoms with Crippen molar-refractivity contribution in [3.8, 4) is 5.75 Å². The summed E-state index contributed by atoms with van der Waals surface area (Å²) in [6.07, 6.45) is -0.182. The molecule has 1 aromatic rings. The number of phenolic OH excluding ortho intramolecular Hbond substituents is 1. The van der Waals surface area contributed by atoms with E-state index in [0.717, 1.165) is 18.2 Å². The van der Waals surface area contributed by atoms with Crippen LogP contribution >= 0.6 is 0 Å². The highest BCUT2D eigenvalue weighted by molar-refractivity contribution is 5.71. The molecular weight excluding hydrogens is 275 g/mol. The molecule has 1 heterocycles. The molecule has 7 heteroatoms. The average Bonchev–Trinajstić information content (AvgIpc) is 2.32. The van der Waals surface area contributed by atoms with Gasteiger partial charge in [-0.05, 0) is 31.2 Å².